The maximum Gasteiger partial charge on any atom is 0.150 e. The van der Waals surface area contributed by atoms with E-state index in [1.807, 2.05) is 0 Å². The zero-order chi connectivity index (χ0) is 20.1. The van der Waals surface area contributed by atoms with Crippen molar-refractivity contribution in [3.8, 4) is 10.4 Å². The Morgan fingerprint density at radius 1 is 1.29 bits per heavy atom. The number of hydrogen-bond acceptors (Lipinski definition) is 4. The van der Waals surface area contributed by atoms with E-state index in [-0.39, 0.29) is 12.0 Å². The first-order chi connectivity index (χ1) is 13.5. The summed E-state index contributed by atoms with van der Waals surface area (Å²) in [6.45, 7) is 7.15. The van der Waals surface area contributed by atoms with Gasteiger partial charge in [0.25, 0.3) is 0 Å². The largest absolute Gasteiger partial charge is 0.489 e. The molecule has 0 radical (unpaired) electrons. The number of rotatable bonds is 8. The van der Waals surface area contributed by atoms with E-state index >= 15 is 0 Å². The van der Waals surface area contributed by atoms with Crippen molar-refractivity contribution in [2.24, 2.45) is 5.41 Å². The highest BCUT2D eigenvalue weighted by Crippen LogP contribution is 2.39. The van der Waals surface area contributed by atoms with Crippen LogP contribution in [0, 0.1) is 5.41 Å². The molecule has 1 aliphatic rings. The average Bonchev–Trinajstić information content (AvgIpc) is 3.06. The quantitative estimate of drug-likeness (QED) is 0.529. The van der Waals surface area contributed by atoms with E-state index in [0.29, 0.717) is 11.8 Å². The Labute approximate surface area is 176 Å². The highest BCUT2D eigenvalue weighted by Gasteiger charge is 2.26. The minimum absolute atomic E-state index is 0.0907. The van der Waals surface area contributed by atoms with Crippen LogP contribution in [-0.4, -0.2) is 16.1 Å². The van der Waals surface area contributed by atoms with Crippen LogP contribution in [0.3, 0.4) is 0 Å². The third kappa shape index (κ3) is 4.86. The number of ether oxygens (including phenoxy) is 1. The van der Waals surface area contributed by atoms with E-state index in [0.717, 1.165) is 47.4 Å². The third-order valence-electron chi connectivity index (χ3n) is 5.37. The molecule has 0 fully saturated rings. The summed E-state index contributed by atoms with van der Waals surface area (Å²) in [5.41, 5.74) is 4.71. The molecule has 5 heteroatoms. The summed E-state index contributed by atoms with van der Waals surface area (Å²) in [6, 6.07) is 8.56. The summed E-state index contributed by atoms with van der Waals surface area (Å²) in [4.78, 5) is 1.07. The van der Waals surface area contributed by atoms with Gasteiger partial charge in [-0.15, -0.1) is 0 Å². The van der Waals surface area contributed by atoms with Crippen LogP contribution in [0.4, 0.5) is 0 Å². The predicted octanol–water partition coefficient (Wildman–Crippen LogP) is 6.56. The molecule has 1 heterocycles. The normalized spacial score (nSPS) is 19.3. The highest BCUT2D eigenvalue weighted by atomic mass is 35.5. The number of halogens is 1. The third-order valence-corrected chi connectivity index (χ3v) is 6.72. The molecule has 0 saturated carbocycles. The van der Waals surface area contributed by atoms with Gasteiger partial charge in [0.2, 0.25) is 0 Å². The van der Waals surface area contributed by atoms with E-state index in [2.05, 4.69) is 61.6 Å². The van der Waals surface area contributed by atoms with Crippen molar-refractivity contribution in [1.82, 2.24) is 4.37 Å². The number of aliphatic hydroxyl groups excluding tert-OH is 1. The summed E-state index contributed by atoms with van der Waals surface area (Å²) in [5.74, 6) is 0.913. The molecule has 28 heavy (non-hydrogen) atoms. The molecule has 1 aliphatic carbocycles. The Morgan fingerprint density at radius 2 is 2.04 bits per heavy atom. The first kappa shape index (κ1) is 21.1. The maximum absolute atomic E-state index is 9.12. The number of aliphatic hydroxyl groups is 1. The zero-order valence-electron chi connectivity index (χ0n) is 16.8. The van der Waals surface area contributed by atoms with Gasteiger partial charge in [0.15, 0.2) is 0 Å². The van der Waals surface area contributed by atoms with Crippen LogP contribution in [0.1, 0.15) is 51.2 Å². The Morgan fingerprint density at radius 3 is 2.68 bits per heavy atom. The Kier molecular flexibility index (Phi) is 6.97. The van der Waals surface area contributed by atoms with Crippen molar-refractivity contribution in [3.05, 3.63) is 64.0 Å². The van der Waals surface area contributed by atoms with Gasteiger partial charge < -0.3 is 9.84 Å². The van der Waals surface area contributed by atoms with Gasteiger partial charge in [-0.05, 0) is 72.3 Å². The molecule has 3 nitrogen and oxygen atoms in total. The molecule has 0 amide bonds. The fraction of sp³-hybridized carbons (Fsp3) is 0.435. The lowest BCUT2D eigenvalue weighted by molar-refractivity contribution is 0.198. The van der Waals surface area contributed by atoms with Gasteiger partial charge in [-0.2, -0.15) is 4.37 Å². The van der Waals surface area contributed by atoms with Crippen molar-refractivity contribution < 1.29 is 9.84 Å². The molecular formula is C23H28ClNO2S. The average molecular weight is 418 g/mol. The summed E-state index contributed by atoms with van der Waals surface area (Å²) < 4.78 is 10.5. The van der Waals surface area contributed by atoms with Crippen LogP contribution >= 0.6 is 23.1 Å². The van der Waals surface area contributed by atoms with Crippen molar-refractivity contribution >= 4 is 23.1 Å². The number of allylic oxidation sites excluding steroid dienone is 3. The fourth-order valence-electron chi connectivity index (χ4n) is 3.68. The SMILES string of the molecule is CCc1ccc(-c2snc(Cl)c2COC2=C(C)CC(C)(CCCO)C=C2)cc1. The van der Waals surface area contributed by atoms with Crippen molar-refractivity contribution in [2.45, 2.75) is 53.1 Å². The zero-order valence-corrected chi connectivity index (χ0v) is 18.4. The molecule has 150 valence electrons. The monoisotopic (exact) mass is 417 g/mol. The molecule has 2 aromatic rings. The molecule has 1 unspecified atom stereocenters. The fourth-order valence-corrected chi connectivity index (χ4v) is 4.78. The second kappa shape index (κ2) is 9.25. The van der Waals surface area contributed by atoms with Crippen molar-refractivity contribution in [1.29, 1.82) is 0 Å². The Balaban J connectivity index is 1.72. The number of aromatic nitrogens is 1. The van der Waals surface area contributed by atoms with Gasteiger partial charge in [0.1, 0.15) is 17.5 Å². The highest BCUT2D eigenvalue weighted by molar-refractivity contribution is 7.10. The van der Waals surface area contributed by atoms with Crippen LogP contribution < -0.4 is 0 Å². The molecular weight excluding hydrogens is 390 g/mol. The number of hydrogen-bond donors (Lipinski definition) is 1. The lowest BCUT2D eigenvalue weighted by Crippen LogP contribution is -2.18. The summed E-state index contributed by atoms with van der Waals surface area (Å²) in [6.07, 6.45) is 8.04. The molecule has 0 bridgehead atoms. The van der Waals surface area contributed by atoms with Crippen molar-refractivity contribution in [2.75, 3.05) is 6.61 Å². The van der Waals surface area contributed by atoms with E-state index in [9.17, 15) is 0 Å². The number of benzene rings is 1. The molecule has 1 atom stereocenters. The van der Waals surface area contributed by atoms with Gasteiger partial charge in [-0.3, -0.25) is 0 Å². The first-order valence-electron chi connectivity index (χ1n) is 9.82. The minimum Gasteiger partial charge on any atom is -0.489 e. The molecule has 1 aromatic carbocycles. The molecule has 0 spiro atoms. The van der Waals surface area contributed by atoms with Gasteiger partial charge >= 0.3 is 0 Å². The van der Waals surface area contributed by atoms with Crippen LogP contribution in [0.15, 0.2) is 47.7 Å². The summed E-state index contributed by atoms with van der Waals surface area (Å²) in [7, 11) is 0. The smallest absolute Gasteiger partial charge is 0.150 e. The van der Waals surface area contributed by atoms with Crippen molar-refractivity contribution in [3.63, 3.8) is 0 Å². The second-order valence-corrected chi connectivity index (χ2v) is 8.89. The maximum atomic E-state index is 9.12. The minimum atomic E-state index is 0.0907. The topological polar surface area (TPSA) is 42.4 Å². The number of nitrogens with zero attached hydrogens (tertiary/aromatic N) is 1. The van der Waals surface area contributed by atoms with E-state index in [4.69, 9.17) is 21.4 Å². The molecule has 0 aliphatic heterocycles. The van der Waals surface area contributed by atoms with Crippen LogP contribution in [0.25, 0.3) is 10.4 Å². The van der Waals surface area contributed by atoms with Gasteiger partial charge in [0, 0.05) is 12.2 Å². The molecule has 3 rings (SSSR count). The first-order valence-corrected chi connectivity index (χ1v) is 11.0. The standard InChI is InChI=1S/C23H28ClNO2S/c1-4-17-6-8-18(9-7-17)21-19(22(24)25-28-21)15-27-20-10-12-23(3,11-5-13-26)14-16(20)2/h6-10,12,26H,4-5,11,13-15H2,1-3H3. The van der Waals surface area contributed by atoms with Crippen LogP contribution in [0.5, 0.6) is 0 Å². The molecule has 1 N–H and O–H groups in total. The van der Waals surface area contributed by atoms with Crippen LogP contribution in [0.2, 0.25) is 5.15 Å². The Bertz CT molecular complexity index is 869. The summed E-state index contributed by atoms with van der Waals surface area (Å²) in [5, 5.41) is 9.63. The predicted molar refractivity (Wildman–Crippen MR) is 118 cm³/mol. The lowest BCUT2D eigenvalue weighted by atomic mass is 9.76. The van der Waals surface area contributed by atoms with E-state index in [1.54, 1.807) is 0 Å². The van der Waals surface area contributed by atoms with Gasteiger partial charge in [-0.25, -0.2) is 0 Å². The number of aryl methyl sites for hydroxylation is 1. The Hall–Kier alpha value is -1.62. The molecule has 1 aromatic heterocycles. The second-order valence-electron chi connectivity index (χ2n) is 7.76. The summed E-state index contributed by atoms with van der Waals surface area (Å²) >= 11 is 7.79. The van der Waals surface area contributed by atoms with Gasteiger partial charge in [0.05, 0.1) is 4.88 Å². The molecule has 0 saturated heterocycles. The van der Waals surface area contributed by atoms with Gasteiger partial charge in [-0.1, -0.05) is 55.8 Å². The van der Waals surface area contributed by atoms with E-state index in [1.165, 1.54) is 22.7 Å². The van der Waals surface area contributed by atoms with Crippen LogP contribution in [-0.2, 0) is 17.8 Å². The van der Waals surface area contributed by atoms with E-state index < -0.39 is 0 Å². The lowest BCUT2D eigenvalue weighted by Gasteiger charge is -2.30.